The molecule has 0 radical (unpaired) electrons. The molecule has 5 nitrogen and oxygen atoms in total. The molecule has 2 aliphatic rings. The van der Waals surface area contributed by atoms with Crippen LogP contribution in [0.4, 0.5) is 5.69 Å². The summed E-state index contributed by atoms with van der Waals surface area (Å²) in [5.74, 6) is 0.332. The number of fused-ring (bicyclic) bond motifs is 1. The van der Waals surface area contributed by atoms with Crippen LogP contribution in [0, 0.1) is 11.8 Å². The van der Waals surface area contributed by atoms with E-state index in [4.69, 9.17) is 5.73 Å². The van der Waals surface area contributed by atoms with Crippen LogP contribution in [0.5, 0.6) is 0 Å². The number of para-hydroxylation sites is 1. The van der Waals surface area contributed by atoms with Crippen LogP contribution >= 0.6 is 0 Å². The molecule has 1 aliphatic carbocycles. The minimum absolute atomic E-state index is 0.0296. The lowest BCUT2D eigenvalue weighted by atomic mass is 10.0. The van der Waals surface area contributed by atoms with Gasteiger partial charge in [-0.05, 0) is 42.7 Å². The Morgan fingerprint density at radius 1 is 1.28 bits per heavy atom. The van der Waals surface area contributed by atoms with Gasteiger partial charge in [0.25, 0.3) is 5.91 Å². The topological polar surface area (TPSA) is 75.4 Å². The van der Waals surface area contributed by atoms with Gasteiger partial charge in [-0.2, -0.15) is 0 Å². The SMILES string of the molecule is CC(C)C(N)C(=O)N[C@H](/C=C/C(=O)N1CCc2ccccc21)C1CC1. The first-order valence-electron chi connectivity index (χ1n) is 9.11. The molecule has 3 N–H and O–H groups in total. The summed E-state index contributed by atoms with van der Waals surface area (Å²) in [6, 6.07) is 7.37. The van der Waals surface area contributed by atoms with Crippen LogP contribution < -0.4 is 16.0 Å². The van der Waals surface area contributed by atoms with Gasteiger partial charge in [-0.15, -0.1) is 0 Å². The zero-order valence-corrected chi connectivity index (χ0v) is 14.9. The highest BCUT2D eigenvalue weighted by Gasteiger charge is 2.32. The van der Waals surface area contributed by atoms with Crippen molar-refractivity contribution in [2.75, 3.05) is 11.4 Å². The van der Waals surface area contributed by atoms with Gasteiger partial charge in [0, 0.05) is 18.3 Å². The Hall–Kier alpha value is -2.14. The quantitative estimate of drug-likeness (QED) is 0.777. The molecular formula is C20H27N3O2. The minimum Gasteiger partial charge on any atom is -0.348 e. The number of carbonyl (C=O) groups is 2. The summed E-state index contributed by atoms with van der Waals surface area (Å²) in [6.45, 7) is 4.57. The molecule has 5 heteroatoms. The van der Waals surface area contributed by atoms with E-state index in [-0.39, 0.29) is 23.8 Å². The van der Waals surface area contributed by atoms with Gasteiger partial charge in [0.15, 0.2) is 0 Å². The fourth-order valence-electron chi connectivity index (χ4n) is 3.18. The molecule has 1 unspecified atom stereocenters. The molecule has 0 saturated heterocycles. The third-order valence-electron chi connectivity index (χ3n) is 5.06. The largest absolute Gasteiger partial charge is 0.348 e. The number of anilines is 1. The van der Waals surface area contributed by atoms with Crippen LogP contribution in [0.2, 0.25) is 0 Å². The third-order valence-corrected chi connectivity index (χ3v) is 5.06. The van der Waals surface area contributed by atoms with E-state index < -0.39 is 6.04 Å². The van der Waals surface area contributed by atoms with Crippen molar-refractivity contribution >= 4 is 17.5 Å². The van der Waals surface area contributed by atoms with Crippen molar-refractivity contribution in [3.63, 3.8) is 0 Å². The number of benzene rings is 1. The van der Waals surface area contributed by atoms with Crippen molar-refractivity contribution in [1.29, 1.82) is 0 Å². The number of rotatable bonds is 6. The molecule has 1 aromatic rings. The van der Waals surface area contributed by atoms with Gasteiger partial charge in [-0.25, -0.2) is 0 Å². The van der Waals surface area contributed by atoms with Crippen molar-refractivity contribution in [2.24, 2.45) is 17.6 Å². The monoisotopic (exact) mass is 341 g/mol. The van der Waals surface area contributed by atoms with Gasteiger partial charge in [0.2, 0.25) is 5.91 Å². The summed E-state index contributed by atoms with van der Waals surface area (Å²) in [4.78, 5) is 26.6. The van der Waals surface area contributed by atoms with Crippen molar-refractivity contribution in [1.82, 2.24) is 5.32 Å². The van der Waals surface area contributed by atoms with Gasteiger partial charge in [-0.1, -0.05) is 38.1 Å². The normalized spacial score (nSPS) is 19.1. The summed E-state index contributed by atoms with van der Waals surface area (Å²) in [5, 5.41) is 3.00. The van der Waals surface area contributed by atoms with Crippen LogP contribution in [-0.2, 0) is 16.0 Å². The molecular weight excluding hydrogens is 314 g/mol. The van der Waals surface area contributed by atoms with Gasteiger partial charge >= 0.3 is 0 Å². The number of hydrogen-bond donors (Lipinski definition) is 2. The minimum atomic E-state index is -0.518. The third kappa shape index (κ3) is 4.10. The highest BCUT2D eigenvalue weighted by molar-refractivity contribution is 6.03. The number of nitrogens with two attached hydrogens (primary N) is 1. The van der Waals surface area contributed by atoms with E-state index in [1.807, 2.05) is 38.1 Å². The zero-order valence-electron chi connectivity index (χ0n) is 14.9. The molecule has 0 aromatic heterocycles. The van der Waals surface area contributed by atoms with Crippen LogP contribution in [0.25, 0.3) is 0 Å². The molecule has 3 rings (SSSR count). The predicted octanol–water partition coefficient (Wildman–Crippen LogP) is 2.01. The smallest absolute Gasteiger partial charge is 0.250 e. The van der Waals surface area contributed by atoms with E-state index in [1.54, 1.807) is 11.0 Å². The first kappa shape index (κ1) is 17.7. The van der Waals surface area contributed by atoms with Crippen molar-refractivity contribution in [3.8, 4) is 0 Å². The first-order chi connectivity index (χ1) is 12.0. The van der Waals surface area contributed by atoms with E-state index in [9.17, 15) is 9.59 Å². The molecule has 1 aromatic carbocycles. The van der Waals surface area contributed by atoms with Crippen molar-refractivity contribution in [3.05, 3.63) is 42.0 Å². The highest BCUT2D eigenvalue weighted by Crippen LogP contribution is 2.33. The van der Waals surface area contributed by atoms with Gasteiger partial charge < -0.3 is 16.0 Å². The second kappa shape index (κ2) is 7.40. The second-order valence-corrected chi connectivity index (χ2v) is 7.37. The summed E-state index contributed by atoms with van der Waals surface area (Å²) < 4.78 is 0. The zero-order chi connectivity index (χ0) is 18.0. The number of nitrogens with zero attached hydrogens (tertiary/aromatic N) is 1. The average molecular weight is 341 g/mol. The fraction of sp³-hybridized carbons (Fsp3) is 0.500. The van der Waals surface area contributed by atoms with Gasteiger partial charge in [0.1, 0.15) is 0 Å². The van der Waals surface area contributed by atoms with Gasteiger partial charge in [-0.3, -0.25) is 9.59 Å². The lowest BCUT2D eigenvalue weighted by molar-refractivity contribution is -0.123. The van der Waals surface area contributed by atoms with E-state index in [2.05, 4.69) is 11.4 Å². The maximum Gasteiger partial charge on any atom is 0.250 e. The number of nitrogens with one attached hydrogen (secondary N) is 1. The Labute approximate surface area is 149 Å². The van der Waals surface area contributed by atoms with E-state index in [0.717, 1.165) is 24.9 Å². The standard InChI is InChI=1S/C20H27N3O2/c1-13(2)19(21)20(25)22-16(14-7-8-14)9-10-18(24)23-12-11-15-5-3-4-6-17(15)23/h3-6,9-10,13-14,16,19H,7-8,11-12,21H2,1-2H3,(H,22,25)/b10-9+/t16-,19?/m1/s1. The maximum atomic E-state index is 12.6. The Morgan fingerprint density at radius 3 is 2.68 bits per heavy atom. The fourth-order valence-corrected chi connectivity index (χ4v) is 3.18. The van der Waals surface area contributed by atoms with Crippen LogP contribution in [0.15, 0.2) is 36.4 Å². The maximum absolute atomic E-state index is 12.6. The van der Waals surface area contributed by atoms with E-state index in [1.165, 1.54) is 5.56 Å². The number of hydrogen-bond acceptors (Lipinski definition) is 3. The lowest BCUT2D eigenvalue weighted by Gasteiger charge is -2.20. The lowest BCUT2D eigenvalue weighted by Crippen LogP contribution is -2.48. The molecule has 1 fully saturated rings. The second-order valence-electron chi connectivity index (χ2n) is 7.37. The summed E-state index contributed by atoms with van der Waals surface area (Å²) in [6.07, 6.45) is 6.49. The Kier molecular flexibility index (Phi) is 5.23. The predicted molar refractivity (Wildman–Crippen MR) is 99.1 cm³/mol. The number of carbonyl (C=O) groups excluding carboxylic acids is 2. The Morgan fingerprint density at radius 2 is 2.00 bits per heavy atom. The average Bonchev–Trinajstić information content (AvgIpc) is 3.35. The number of amides is 2. The Balaban J connectivity index is 1.64. The molecule has 134 valence electrons. The van der Waals surface area contributed by atoms with Crippen LogP contribution in [0.3, 0.4) is 0 Å². The van der Waals surface area contributed by atoms with Gasteiger partial charge in [0.05, 0.1) is 12.1 Å². The highest BCUT2D eigenvalue weighted by atomic mass is 16.2. The summed E-state index contributed by atoms with van der Waals surface area (Å²) in [5.41, 5.74) is 8.13. The molecule has 1 aliphatic heterocycles. The summed E-state index contributed by atoms with van der Waals surface area (Å²) >= 11 is 0. The molecule has 0 spiro atoms. The van der Waals surface area contributed by atoms with Crippen molar-refractivity contribution < 1.29 is 9.59 Å². The summed E-state index contributed by atoms with van der Waals surface area (Å²) in [7, 11) is 0. The molecule has 2 atom stereocenters. The molecule has 25 heavy (non-hydrogen) atoms. The molecule has 1 saturated carbocycles. The van der Waals surface area contributed by atoms with Crippen LogP contribution in [0.1, 0.15) is 32.3 Å². The molecule has 1 heterocycles. The van der Waals surface area contributed by atoms with E-state index in [0.29, 0.717) is 12.5 Å². The first-order valence-corrected chi connectivity index (χ1v) is 9.11. The van der Waals surface area contributed by atoms with Crippen LogP contribution in [-0.4, -0.2) is 30.4 Å². The Bertz CT molecular complexity index is 679. The van der Waals surface area contributed by atoms with E-state index >= 15 is 0 Å². The molecule has 2 amide bonds. The van der Waals surface area contributed by atoms with Crippen molar-refractivity contribution in [2.45, 2.75) is 45.2 Å². The molecule has 0 bridgehead atoms.